The van der Waals surface area contributed by atoms with Crippen molar-refractivity contribution in [3.8, 4) is 0 Å². The summed E-state index contributed by atoms with van der Waals surface area (Å²) in [7, 11) is 0. The molecule has 0 bridgehead atoms. The number of benzene rings is 1. The summed E-state index contributed by atoms with van der Waals surface area (Å²) < 4.78 is 5.45. The molecule has 0 fully saturated rings. The molecule has 3 heterocycles. The Morgan fingerprint density at radius 3 is 2.93 bits per heavy atom. The lowest BCUT2D eigenvalue weighted by Gasteiger charge is -2.19. The van der Waals surface area contributed by atoms with Crippen molar-refractivity contribution in [1.82, 2.24) is 15.0 Å². The first kappa shape index (κ1) is 17.3. The Hall–Kier alpha value is -3.13. The number of carbonyl (C=O) groups excluding carboxylic acids is 1. The number of H-pyrrole nitrogens is 1. The van der Waals surface area contributed by atoms with Gasteiger partial charge < -0.3 is 14.5 Å². The van der Waals surface area contributed by atoms with Crippen LogP contribution in [0.3, 0.4) is 0 Å². The molecule has 3 aromatic rings. The van der Waals surface area contributed by atoms with Gasteiger partial charge in [-0.15, -0.1) is 0 Å². The van der Waals surface area contributed by atoms with Gasteiger partial charge in [-0.3, -0.25) is 9.59 Å². The van der Waals surface area contributed by atoms with Crippen molar-refractivity contribution in [1.29, 1.82) is 0 Å². The fourth-order valence-corrected chi connectivity index (χ4v) is 3.20. The number of carboxylic acids is 1. The van der Waals surface area contributed by atoms with Gasteiger partial charge in [0.15, 0.2) is 5.82 Å². The number of hydrogen-bond acceptors (Lipinski definition) is 5. The summed E-state index contributed by atoms with van der Waals surface area (Å²) >= 11 is 6.01. The van der Waals surface area contributed by atoms with Crippen LogP contribution in [-0.4, -0.2) is 37.7 Å². The van der Waals surface area contributed by atoms with E-state index in [1.807, 2.05) is 0 Å². The lowest BCUT2D eigenvalue weighted by molar-refractivity contribution is -0.141. The number of hydrogen-bond donors (Lipinski definition) is 2. The zero-order valence-electron chi connectivity index (χ0n) is 14.1. The number of aliphatic carboxylic acids is 1. The predicted molar refractivity (Wildman–Crippen MR) is 97.4 cm³/mol. The van der Waals surface area contributed by atoms with E-state index in [2.05, 4.69) is 15.1 Å². The molecule has 0 aliphatic carbocycles. The molecule has 1 aromatic carbocycles. The minimum absolute atomic E-state index is 0.140. The van der Waals surface area contributed by atoms with E-state index in [0.717, 1.165) is 11.0 Å². The molecule has 0 saturated carbocycles. The number of rotatable bonds is 5. The van der Waals surface area contributed by atoms with Crippen LogP contribution >= 0.6 is 11.6 Å². The van der Waals surface area contributed by atoms with Gasteiger partial charge in [0.1, 0.15) is 17.5 Å². The van der Waals surface area contributed by atoms with Gasteiger partial charge >= 0.3 is 5.97 Å². The third-order valence-corrected chi connectivity index (χ3v) is 4.54. The lowest BCUT2D eigenvalue weighted by Crippen LogP contribution is -2.27. The van der Waals surface area contributed by atoms with Gasteiger partial charge in [0, 0.05) is 17.9 Å². The van der Waals surface area contributed by atoms with Crippen molar-refractivity contribution in [2.75, 3.05) is 0 Å². The summed E-state index contributed by atoms with van der Waals surface area (Å²) in [6, 6.07) is 8.37. The highest BCUT2D eigenvalue weighted by atomic mass is 35.5. The van der Waals surface area contributed by atoms with E-state index in [-0.39, 0.29) is 18.7 Å². The third kappa shape index (κ3) is 3.43. The Bertz CT molecular complexity index is 1040. The van der Waals surface area contributed by atoms with Crippen LogP contribution in [-0.2, 0) is 9.59 Å². The Balaban J connectivity index is 1.66. The predicted octanol–water partition coefficient (Wildman–Crippen LogP) is 3.35. The topological polar surface area (TPSA) is 112 Å². The van der Waals surface area contributed by atoms with E-state index in [4.69, 9.17) is 21.1 Å². The maximum atomic E-state index is 12.5. The zero-order valence-corrected chi connectivity index (χ0v) is 14.8. The maximum Gasteiger partial charge on any atom is 0.303 e. The number of halogens is 1. The molecule has 1 aliphatic rings. The number of hydrazone groups is 1. The smallest absolute Gasteiger partial charge is 0.303 e. The normalized spacial score (nSPS) is 16.7. The second-order valence-electron chi connectivity index (χ2n) is 6.16. The average molecular weight is 387 g/mol. The average Bonchev–Trinajstić information content (AvgIpc) is 3.36. The van der Waals surface area contributed by atoms with Crippen molar-refractivity contribution >= 4 is 40.2 Å². The maximum absolute atomic E-state index is 12.5. The van der Waals surface area contributed by atoms with Crippen LogP contribution < -0.4 is 0 Å². The molecule has 2 aromatic heterocycles. The molecule has 0 spiro atoms. The zero-order chi connectivity index (χ0) is 19.0. The quantitative estimate of drug-likeness (QED) is 0.698. The van der Waals surface area contributed by atoms with Crippen LogP contribution in [0.2, 0.25) is 5.02 Å². The van der Waals surface area contributed by atoms with Gasteiger partial charge in [-0.2, -0.15) is 5.10 Å². The molecule has 8 nitrogen and oxygen atoms in total. The number of nitrogens with one attached hydrogen (secondary N) is 1. The molecule has 1 unspecified atom stereocenters. The summed E-state index contributed by atoms with van der Waals surface area (Å²) in [6.45, 7) is 0. The molecule has 0 radical (unpaired) electrons. The first-order valence-corrected chi connectivity index (χ1v) is 8.69. The first-order chi connectivity index (χ1) is 13.0. The largest absolute Gasteiger partial charge is 0.481 e. The molecular formula is C18H15ClN4O4. The van der Waals surface area contributed by atoms with Crippen LogP contribution in [0, 0.1) is 0 Å². The van der Waals surface area contributed by atoms with E-state index < -0.39 is 12.0 Å². The monoisotopic (exact) mass is 386 g/mol. The van der Waals surface area contributed by atoms with Gasteiger partial charge in [0.25, 0.3) is 0 Å². The number of nitrogens with zero attached hydrogens (tertiary/aromatic N) is 3. The molecule has 138 valence electrons. The van der Waals surface area contributed by atoms with Crippen molar-refractivity contribution in [3.05, 3.63) is 53.2 Å². The summed E-state index contributed by atoms with van der Waals surface area (Å²) in [5.41, 5.74) is 2.10. The number of furan rings is 1. The summed E-state index contributed by atoms with van der Waals surface area (Å²) in [5, 5.41) is 15.1. The number of carboxylic acid groups (broad SMARTS) is 1. The Morgan fingerprint density at radius 1 is 1.33 bits per heavy atom. The molecule has 1 amide bonds. The summed E-state index contributed by atoms with van der Waals surface area (Å²) in [4.78, 5) is 31.0. The molecule has 4 rings (SSSR count). The van der Waals surface area contributed by atoms with Crippen LogP contribution in [0.4, 0.5) is 0 Å². The van der Waals surface area contributed by atoms with E-state index in [1.165, 1.54) is 11.3 Å². The van der Waals surface area contributed by atoms with Crippen LogP contribution in [0.25, 0.3) is 11.0 Å². The van der Waals surface area contributed by atoms with Crippen molar-refractivity contribution < 1.29 is 19.1 Å². The number of amides is 1. The molecule has 0 saturated heterocycles. The molecular weight excluding hydrogens is 372 g/mol. The van der Waals surface area contributed by atoms with Crippen LogP contribution in [0.5, 0.6) is 0 Å². The van der Waals surface area contributed by atoms with E-state index in [9.17, 15) is 9.59 Å². The minimum atomic E-state index is -1.03. The van der Waals surface area contributed by atoms with Gasteiger partial charge in [-0.1, -0.05) is 11.6 Å². The van der Waals surface area contributed by atoms with E-state index in [0.29, 0.717) is 28.7 Å². The summed E-state index contributed by atoms with van der Waals surface area (Å²) in [6.07, 6.45) is 1.53. The molecule has 27 heavy (non-hydrogen) atoms. The number of fused-ring (bicyclic) bond motifs is 1. The molecule has 1 aliphatic heterocycles. The third-order valence-electron chi connectivity index (χ3n) is 4.31. The van der Waals surface area contributed by atoms with Gasteiger partial charge in [0.05, 0.1) is 23.7 Å². The Labute approximate surface area is 158 Å². The SMILES string of the molecule is O=C(O)CCC(=O)N1N=C(c2nc3ccc(Cl)cc3[nH]2)CC1c1ccco1. The Morgan fingerprint density at radius 2 is 2.19 bits per heavy atom. The Kier molecular flexibility index (Phi) is 4.41. The van der Waals surface area contributed by atoms with Crippen LogP contribution in [0.15, 0.2) is 46.1 Å². The van der Waals surface area contributed by atoms with Gasteiger partial charge in [0.2, 0.25) is 5.91 Å². The molecule has 9 heteroatoms. The molecule has 2 N–H and O–H groups in total. The van der Waals surface area contributed by atoms with Gasteiger partial charge in [-0.05, 0) is 30.3 Å². The summed E-state index contributed by atoms with van der Waals surface area (Å²) in [5.74, 6) is -0.294. The minimum Gasteiger partial charge on any atom is -0.481 e. The second kappa shape index (κ2) is 6.88. The second-order valence-corrected chi connectivity index (χ2v) is 6.60. The fraction of sp³-hybridized carbons (Fsp3) is 0.222. The molecule has 1 atom stereocenters. The number of aromatic nitrogens is 2. The van der Waals surface area contributed by atoms with Crippen molar-refractivity contribution in [2.45, 2.75) is 25.3 Å². The lowest BCUT2D eigenvalue weighted by atomic mass is 10.1. The number of carbonyl (C=O) groups is 2. The standard InChI is InChI=1S/C18H15ClN4O4/c19-10-3-4-11-12(8-10)21-18(20-11)13-9-14(15-2-1-7-27-15)23(22-13)16(24)5-6-17(25)26/h1-4,7-8,14H,5-6,9H2,(H,20,21)(H,25,26). The van der Waals surface area contributed by atoms with Crippen molar-refractivity contribution in [3.63, 3.8) is 0 Å². The highest BCUT2D eigenvalue weighted by molar-refractivity contribution is 6.31. The highest BCUT2D eigenvalue weighted by Gasteiger charge is 2.35. The van der Waals surface area contributed by atoms with Gasteiger partial charge in [-0.25, -0.2) is 9.99 Å². The number of imidazole rings is 1. The van der Waals surface area contributed by atoms with Crippen molar-refractivity contribution in [2.24, 2.45) is 5.10 Å². The first-order valence-electron chi connectivity index (χ1n) is 8.31. The number of aromatic amines is 1. The van der Waals surface area contributed by atoms with Crippen LogP contribution in [0.1, 0.15) is 36.9 Å². The highest BCUT2D eigenvalue weighted by Crippen LogP contribution is 2.33. The van der Waals surface area contributed by atoms with E-state index >= 15 is 0 Å². The van der Waals surface area contributed by atoms with E-state index in [1.54, 1.807) is 30.3 Å². The fourth-order valence-electron chi connectivity index (χ4n) is 3.03.